The first-order valence-electron chi connectivity index (χ1n) is 17.3. The number of benzene rings is 2. The third-order valence-corrected chi connectivity index (χ3v) is 9.08. The lowest BCUT2D eigenvalue weighted by Crippen LogP contribution is -2.38. The summed E-state index contributed by atoms with van der Waals surface area (Å²) in [4.78, 5) is 0. The fourth-order valence-electron chi connectivity index (χ4n) is 6.97. The molecule has 3 rings (SSSR count). The summed E-state index contributed by atoms with van der Waals surface area (Å²) >= 11 is 0. The molecular weight excluding hydrogens is 516 g/mol. The molecule has 0 amide bonds. The third kappa shape index (κ3) is 13.5. The molecule has 0 aliphatic heterocycles. The van der Waals surface area contributed by atoms with Gasteiger partial charge in [0.1, 0.15) is 0 Å². The molecule has 0 aromatic heterocycles. The Hall–Kier alpha value is -1.56. The second-order valence-corrected chi connectivity index (χ2v) is 19.9. The molecule has 2 atom stereocenters. The van der Waals surface area contributed by atoms with Crippen LogP contribution in [0.25, 0.3) is 0 Å². The van der Waals surface area contributed by atoms with Crippen molar-refractivity contribution in [1.82, 2.24) is 0 Å². The van der Waals surface area contributed by atoms with E-state index < -0.39 is 0 Å². The van der Waals surface area contributed by atoms with Crippen molar-refractivity contribution in [2.45, 2.75) is 173 Å². The predicted molar refractivity (Wildman–Crippen MR) is 197 cm³/mol. The van der Waals surface area contributed by atoms with Crippen molar-refractivity contribution in [2.75, 3.05) is 0 Å². The summed E-state index contributed by atoms with van der Waals surface area (Å²) in [5.74, 6) is 1.85. The maximum Gasteiger partial charge on any atom is -0.0129 e. The molecule has 1 saturated carbocycles. The molecule has 0 spiro atoms. The molecular formula is C43H74. The molecule has 0 N–H and O–H groups in total. The molecule has 246 valence electrons. The van der Waals surface area contributed by atoms with Crippen molar-refractivity contribution in [3.63, 3.8) is 0 Å². The SMILES string of the molecule is CC(C)(C)Cc1ccccc1C(C)(C)C.CC(C)(C)[C@@H]1CCCC[C@@H]1C(C)(C)C.CC(C)(C)c1ccccc1C(C)(C)C. The summed E-state index contributed by atoms with van der Waals surface area (Å²) in [6, 6.07) is 17.6. The van der Waals surface area contributed by atoms with Gasteiger partial charge in [-0.25, -0.2) is 0 Å². The Morgan fingerprint density at radius 3 is 1.02 bits per heavy atom. The van der Waals surface area contributed by atoms with Gasteiger partial charge in [-0.1, -0.05) is 186 Å². The largest absolute Gasteiger partial charge is 0.0620 e. The summed E-state index contributed by atoms with van der Waals surface area (Å²) in [5.41, 5.74) is 8.01. The highest BCUT2D eigenvalue weighted by atomic mass is 14.4. The van der Waals surface area contributed by atoms with E-state index in [1.807, 2.05) is 0 Å². The van der Waals surface area contributed by atoms with Crippen LogP contribution in [0.5, 0.6) is 0 Å². The van der Waals surface area contributed by atoms with Gasteiger partial charge in [-0.05, 0) is 85.8 Å². The molecule has 1 aliphatic rings. The van der Waals surface area contributed by atoms with Crippen LogP contribution in [0.1, 0.15) is 173 Å². The molecule has 2 aromatic carbocycles. The Labute approximate surface area is 271 Å². The van der Waals surface area contributed by atoms with Crippen molar-refractivity contribution in [1.29, 1.82) is 0 Å². The molecule has 0 heterocycles. The molecule has 0 unspecified atom stereocenters. The van der Waals surface area contributed by atoms with Gasteiger partial charge in [-0.15, -0.1) is 0 Å². The van der Waals surface area contributed by atoms with Gasteiger partial charge in [0.05, 0.1) is 0 Å². The van der Waals surface area contributed by atoms with Gasteiger partial charge >= 0.3 is 0 Å². The van der Waals surface area contributed by atoms with Gasteiger partial charge in [0.2, 0.25) is 0 Å². The Balaban J connectivity index is 0.000000323. The van der Waals surface area contributed by atoms with E-state index >= 15 is 0 Å². The fraction of sp³-hybridized carbons (Fsp3) is 0.721. The minimum Gasteiger partial charge on any atom is -0.0620 e. The van der Waals surface area contributed by atoms with Gasteiger partial charge in [-0.3, -0.25) is 0 Å². The third-order valence-electron chi connectivity index (χ3n) is 9.08. The van der Waals surface area contributed by atoms with Crippen molar-refractivity contribution in [3.05, 3.63) is 70.8 Å². The first-order chi connectivity index (χ1) is 19.2. The molecule has 0 saturated heterocycles. The van der Waals surface area contributed by atoms with Crippen LogP contribution in [0.4, 0.5) is 0 Å². The number of hydrogen-bond donors (Lipinski definition) is 0. The molecule has 1 fully saturated rings. The van der Waals surface area contributed by atoms with Crippen LogP contribution >= 0.6 is 0 Å². The monoisotopic (exact) mass is 591 g/mol. The summed E-state index contributed by atoms with van der Waals surface area (Å²) in [6.07, 6.45) is 6.96. The number of hydrogen-bond acceptors (Lipinski definition) is 0. The highest BCUT2D eigenvalue weighted by Crippen LogP contribution is 2.49. The van der Waals surface area contributed by atoms with E-state index in [1.165, 1.54) is 47.9 Å². The maximum atomic E-state index is 2.42. The smallest absolute Gasteiger partial charge is 0.0129 e. The lowest BCUT2D eigenvalue weighted by Gasteiger charge is -2.46. The van der Waals surface area contributed by atoms with Gasteiger partial charge < -0.3 is 0 Å². The highest BCUT2D eigenvalue weighted by Gasteiger charge is 2.39. The summed E-state index contributed by atoms with van der Waals surface area (Å²) in [5, 5.41) is 0. The van der Waals surface area contributed by atoms with Crippen molar-refractivity contribution in [3.8, 4) is 0 Å². The van der Waals surface area contributed by atoms with Crippen LogP contribution in [0.2, 0.25) is 0 Å². The minimum absolute atomic E-state index is 0.240. The van der Waals surface area contributed by atoms with E-state index in [4.69, 9.17) is 0 Å². The Bertz CT molecular complexity index is 1030. The van der Waals surface area contributed by atoms with Gasteiger partial charge in [0.15, 0.2) is 0 Å². The van der Waals surface area contributed by atoms with Crippen LogP contribution in [0, 0.1) is 28.1 Å². The lowest BCUT2D eigenvalue weighted by molar-refractivity contribution is 0.0335. The second-order valence-electron chi connectivity index (χ2n) is 19.9. The van der Waals surface area contributed by atoms with Gasteiger partial charge in [-0.2, -0.15) is 0 Å². The predicted octanol–water partition coefficient (Wildman–Crippen LogP) is 13.7. The van der Waals surface area contributed by atoms with Crippen LogP contribution in [-0.4, -0.2) is 0 Å². The lowest BCUT2D eigenvalue weighted by atomic mass is 9.59. The molecule has 0 nitrogen and oxygen atoms in total. The first-order valence-corrected chi connectivity index (χ1v) is 17.3. The maximum absolute atomic E-state index is 2.42. The van der Waals surface area contributed by atoms with Crippen molar-refractivity contribution >= 4 is 0 Å². The quantitative estimate of drug-likeness (QED) is 0.310. The summed E-state index contributed by atoms with van der Waals surface area (Å²) < 4.78 is 0. The topological polar surface area (TPSA) is 0 Å². The van der Waals surface area contributed by atoms with Crippen molar-refractivity contribution in [2.24, 2.45) is 28.1 Å². The molecule has 0 bridgehead atoms. The highest BCUT2D eigenvalue weighted by molar-refractivity contribution is 5.37. The summed E-state index contributed by atoms with van der Waals surface area (Å²) in [7, 11) is 0. The van der Waals surface area contributed by atoms with Gasteiger partial charge in [0.25, 0.3) is 0 Å². The standard InChI is InChI=1S/C15H24.C14H28.C14H22/c1-14(2,3)11-12-9-7-8-10-13(12)15(4,5)6;2*1-13(2,3)11-9-7-8-10-12(11)14(4,5)6/h7-10H,11H2,1-6H3;11-12H,7-10H2,1-6H3;7-10H,1-6H3/t;11-,12+;. The zero-order valence-corrected chi connectivity index (χ0v) is 32.3. The second kappa shape index (κ2) is 14.7. The Morgan fingerprint density at radius 2 is 0.744 bits per heavy atom. The number of rotatable bonds is 1. The van der Waals surface area contributed by atoms with Crippen LogP contribution < -0.4 is 0 Å². The molecule has 0 radical (unpaired) electrons. The van der Waals surface area contributed by atoms with E-state index in [0.29, 0.717) is 16.2 Å². The first kappa shape index (κ1) is 39.5. The Morgan fingerprint density at radius 1 is 0.442 bits per heavy atom. The average molecular weight is 591 g/mol. The van der Waals surface area contributed by atoms with E-state index in [2.05, 4.69) is 173 Å². The fourth-order valence-corrected chi connectivity index (χ4v) is 6.97. The molecule has 0 heteroatoms. The molecule has 43 heavy (non-hydrogen) atoms. The van der Waals surface area contributed by atoms with E-state index in [-0.39, 0.29) is 16.2 Å². The van der Waals surface area contributed by atoms with E-state index in [0.717, 1.165) is 18.3 Å². The van der Waals surface area contributed by atoms with Crippen LogP contribution in [0.3, 0.4) is 0 Å². The normalized spacial score (nSPS) is 18.7. The Kier molecular flexibility index (Phi) is 13.5. The van der Waals surface area contributed by atoms with Crippen LogP contribution in [-0.2, 0) is 22.7 Å². The van der Waals surface area contributed by atoms with E-state index in [9.17, 15) is 0 Å². The summed E-state index contributed by atoms with van der Waals surface area (Å²) in [6.45, 7) is 41.9. The zero-order valence-electron chi connectivity index (χ0n) is 32.3. The molecule has 2 aromatic rings. The average Bonchev–Trinajstić information content (AvgIpc) is 2.81. The van der Waals surface area contributed by atoms with Crippen molar-refractivity contribution < 1.29 is 0 Å². The minimum atomic E-state index is 0.240. The van der Waals surface area contributed by atoms with E-state index in [1.54, 1.807) is 0 Å². The molecule has 1 aliphatic carbocycles. The van der Waals surface area contributed by atoms with Gasteiger partial charge in [0, 0.05) is 0 Å². The zero-order chi connectivity index (χ0) is 33.7. The van der Waals surface area contributed by atoms with Crippen LogP contribution in [0.15, 0.2) is 48.5 Å².